The first-order valence-electron chi connectivity index (χ1n) is 6.39. The van der Waals surface area contributed by atoms with Gasteiger partial charge in [-0.25, -0.2) is 0 Å². The lowest BCUT2D eigenvalue weighted by Crippen LogP contribution is -2.27. The van der Waals surface area contributed by atoms with Crippen LogP contribution in [0.1, 0.15) is 18.1 Å². The van der Waals surface area contributed by atoms with Crippen LogP contribution in [-0.4, -0.2) is 11.1 Å². The van der Waals surface area contributed by atoms with Gasteiger partial charge in [0.1, 0.15) is 5.75 Å². The second-order valence-corrected chi connectivity index (χ2v) is 5.22. The predicted molar refractivity (Wildman–Crippen MR) is 79.6 cm³/mol. The summed E-state index contributed by atoms with van der Waals surface area (Å²) in [6.45, 7) is 2.89. The molecule has 0 aliphatic rings. The molecule has 0 aliphatic carbocycles. The number of hydrogen-bond donors (Lipinski definition) is 2. The fraction of sp³-hybridized carbons (Fsp3) is 0.250. The number of nitrogens with one attached hydrogen (secondary N) is 1. The van der Waals surface area contributed by atoms with Crippen molar-refractivity contribution >= 4 is 11.6 Å². The highest BCUT2D eigenvalue weighted by Crippen LogP contribution is 2.13. The molecule has 0 radical (unpaired) electrons. The van der Waals surface area contributed by atoms with Gasteiger partial charge in [0.15, 0.2) is 0 Å². The Kier molecular flexibility index (Phi) is 4.83. The van der Waals surface area contributed by atoms with Gasteiger partial charge in [-0.2, -0.15) is 0 Å². The smallest absolute Gasteiger partial charge is 0.115 e. The molecular weight excluding hydrogens is 258 g/mol. The topological polar surface area (TPSA) is 32.3 Å². The summed E-state index contributed by atoms with van der Waals surface area (Å²) in [5, 5.41) is 13.6. The van der Waals surface area contributed by atoms with Crippen LogP contribution in [0.2, 0.25) is 5.02 Å². The molecule has 0 bridgehead atoms. The van der Waals surface area contributed by atoms with Gasteiger partial charge in [-0.05, 0) is 48.7 Å². The number of halogens is 1. The molecular formula is C16H18ClNO. The van der Waals surface area contributed by atoms with Gasteiger partial charge < -0.3 is 10.4 Å². The average Bonchev–Trinajstić information content (AvgIpc) is 2.36. The van der Waals surface area contributed by atoms with Crippen LogP contribution in [0.25, 0.3) is 0 Å². The molecule has 0 saturated heterocycles. The Morgan fingerprint density at radius 3 is 2.58 bits per heavy atom. The van der Waals surface area contributed by atoms with E-state index in [1.165, 1.54) is 5.56 Å². The molecule has 1 unspecified atom stereocenters. The molecule has 0 heterocycles. The molecule has 3 heteroatoms. The van der Waals surface area contributed by atoms with Crippen molar-refractivity contribution < 1.29 is 5.11 Å². The second-order valence-electron chi connectivity index (χ2n) is 4.79. The van der Waals surface area contributed by atoms with Crippen LogP contribution >= 0.6 is 11.6 Å². The van der Waals surface area contributed by atoms with E-state index in [1.807, 2.05) is 30.3 Å². The van der Waals surface area contributed by atoms with Crippen molar-refractivity contribution in [2.75, 3.05) is 0 Å². The molecule has 0 aliphatic heterocycles. The minimum atomic E-state index is 0.307. The molecule has 0 fully saturated rings. The van der Waals surface area contributed by atoms with Crippen LogP contribution in [-0.2, 0) is 13.0 Å². The lowest BCUT2D eigenvalue weighted by atomic mass is 10.1. The second kappa shape index (κ2) is 6.60. The summed E-state index contributed by atoms with van der Waals surface area (Å²) in [6, 6.07) is 15.6. The minimum absolute atomic E-state index is 0.307. The maximum atomic E-state index is 9.40. The fourth-order valence-electron chi connectivity index (χ4n) is 2.05. The number of phenols is 1. The fourth-order valence-corrected chi connectivity index (χ4v) is 2.26. The van der Waals surface area contributed by atoms with Crippen LogP contribution in [0.3, 0.4) is 0 Å². The SMILES string of the molecule is CC(Cc1cccc(Cl)c1)NCc1cccc(O)c1. The molecule has 100 valence electrons. The number of hydrogen-bond acceptors (Lipinski definition) is 2. The van der Waals surface area contributed by atoms with Crippen molar-refractivity contribution in [1.82, 2.24) is 5.32 Å². The third-order valence-electron chi connectivity index (χ3n) is 3.00. The molecule has 2 N–H and O–H groups in total. The van der Waals surface area contributed by atoms with E-state index in [0.717, 1.165) is 23.6 Å². The normalized spacial score (nSPS) is 12.3. The summed E-state index contributed by atoms with van der Waals surface area (Å²) in [7, 11) is 0. The van der Waals surface area contributed by atoms with E-state index in [0.29, 0.717) is 11.8 Å². The summed E-state index contributed by atoms with van der Waals surface area (Å²) in [5.41, 5.74) is 2.31. The van der Waals surface area contributed by atoms with Gasteiger partial charge in [0.05, 0.1) is 0 Å². The molecule has 2 aromatic rings. The molecule has 0 spiro atoms. The van der Waals surface area contributed by atoms with Gasteiger partial charge in [0, 0.05) is 17.6 Å². The molecule has 19 heavy (non-hydrogen) atoms. The van der Waals surface area contributed by atoms with E-state index < -0.39 is 0 Å². The maximum absolute atomic E-state index is 9.40. The van der Waals surface area contributed by atoms with Crippen molar-refractivity contribution in [3.05, 3.63) is 64.7 Å². The van der Waals surface area contributed by atoms with Crippen molar-refractivity contribution in [3.8, 4) is 5.75 Å². The van der Waals surface area contributed by atoms with Gasteiger partial charge in [0.25, 0.3) is 0 Å². The zero-order valence-corrected chi connectivity index (χ0v) is 11.7. The van der Waals surface area contributed by atoms with Crippen molar-refractivity contribution in [1.29, 1.82) is 0 Å². The highest BCUT2D eigenvalue weighted by Gasteiger charge is 2.04. The molecule has 2 rings (SSSR count). The Hall–Kier alpha value is -1.51. The number of phenolic OH excluding ortho intramolecular Hbond substituents is 1. The Morgan fingerprint density at radius 1 is 1.11 bits per heavy atom. The van der Waals surface area contributed by atoms with Crippen molar-refractivity contribution in [3.63, 3.8) is 0 Å². The quantitative estimate of drug-likeness (QED) is 0.871. The van der Waals surface area contributed by atoms with E-state index in [2.05, 4.69) is 18.3 Å². The molecule has 0 amide bonds. The molecule has 2 aromatic carbocycles. The lowest BCUT2D eigenvalue weighted by molar-refractivity contribution is 0.473. The van der Waals surface area contributed by atoms with E-state index in [-0.39, 0.29) is 0 Å². The third-order valence-corrected chi connectivity index (χ3v) is 3.23. The zero-order valence-electron chi connectivity index (χ0n) is 10.9. The first-order chi connectivity index (χ1) is 9.13. The molecule has 0 saturated carbocycles. The zero-order chi connectivity index (χ0) is 13.7. The monoisotopic (exact) mass is 275 g/mol. The van der Waals surface area contributed by atoms with Crippen LogP contribution in [0, 0.1) is 0 Å². The Morgan fingerprint density at radius 2 is 1.84 bits per heavy atom. The maximum Gasteiger partial charge on any atom is 0.115 e. The van der Waals surface area contributed by atoms with Crippen molar-refractivity contribution in [2.45, 2.75) is 25.9 Å². The van der Waals surface area contributed by atoms with Crippen LogP contribution in [0.4, 0.5) is 0 Å². The summed E-state index contributed by atoms with van der Waals surface area (Å²) in [6.07, 6.45) is 0.930. The minimum Gasteiger partial charge on any atom is -0.508 e. The largest absolute Gasteiger partial charge is 0.508 e. The Balaban J connectivity index is 1.86. The summed E-state index contributed by atoms with van der Waals surface area (Å²) in [4.78, 5) is 0. The number of aromatic hydroxyl groups is 1. The number of rotatable bonds is 5. The van der Waals surface area contributed by atoms with Gasteiger partial charge in [-0.3, -0.25) is 0 Å². The molecule has 2 nitrogen and oxygen atoms in total. The summed E-state index contributed by atoms with van der Waals surface area (Å²) < 4.78 is 0. The van der Waals surface area contributed by atoms with Gasteiger partial charge in [-0.1, -0.05) is 35.9 Å². The van der Waals surface area contributed by atoms with E-state index in [4.69, 9.17) is 11.6 Å². The predicted octanol–water partition coefficient (Wildman–Crippen LogP) is 3.77. The van der Waals surface area contributed by atoms with E-state index in [9.17, 15) is 5.11 Å². The molecule has 1 atom stereocenters. The highest BCUT2D eigenvalue weighted by atomic mass is 35.5. The van der Waals surface area contributed by atoms with Crippen LogP contribution in [0.5, 0.6) is 5.75 Å². The average molecular weight is 276 g/mol. The Labute approximate surface area is 119 Å². The first-order valence-corrected chi connectivity index (χ1v) is 6.77. The molecule has 0 aromatic heterocycles. The Bertz CT molecular complexity index is 542. The van der Waals surface area contributed by atoms with Gasteiger partial charge >= 0.3 is 0 Å². The standard InChI is InChI=1S/C16H18ClNO/c1-12(8-13-4-2-6-15(17)9-13)18-11-14-5-3-7-16(19)10-14/h2-7,9-10,12,18-19H,8,11H2,1H3. The van der Waals surface area contributed by atoms with Gasteiger partial charge in [0.2, 0.25) is 0 Å². The van der Waals surface area contributed by atoms with E-state index in [1.54, 1.807) is 12.1 Å². The van der Waals surface area contributed by atoms with Gasteiger partial charge in [-0.15, -0.1) is 0 Å². The van der Waals surface area contributed by atoms with Crippen molar-refractivity contribution in [2.24, 2.45) is 0 Å². The highest BCUT2D eigenvalue weighted by molar-refractivity contribution is 6.30. The third kappa shape index (κ3) is 4.58. The van der Waals surface area contributed by atoms with Crippen LogP contribution < -0.4 is 5.32 Å². The summed E-state index contributed by atoms with van der Waals surface area (Å²) >= 11 is 5.97. The lowest BCUT2D eigenvalue weighted by Gasteiger charge is -2.14. The van der Waals surface area contributed by atoms with Crippen LogP contribution in [0.15, 0.2) is 48.5 Å². The number of benzene rings is 2. The summed E-state index contributed by atoms with van der Waals surface area (Å²) in [5.74, 6) is 0.307. The van der Waals surface area contributed by atoms with E-state index >= 15 is 0 Å². The first kappa shape index (κ1) is 13.9.